The second-order valence-electron chi connectivity index (χ2n) is 4.71. The molecule has 0 aliphatic rings. The fourth-order valence-electron chi connectivity index (χ4n) is 2.18. The molecule has 0 N–H and O–H groups in total. The molecule has 4 heteroatoms. The molecule has 0 spiro atoms. The first-order chi connectivity index (χ1) is 9.13. The number of hydrogen-bond donors (Lipinski definition) is 0. The van der Waals surface area contributed by atoms with Crippen LogP contribution in [0.1, 0.15) is 29.8 Å². The Morgan fingerprint density at radius 2 is 2.00 bits per heavy atom. The highest BCUT2D eigenvalue weighted by Crippen LogP contribution is 2.24. The van der Waals surface area contributed by atoms with Crippen LogP contribution in [0.15, 0.2) is 34.8 Å². The van der Waals surface area contributed by atoms with Gasteiger partial charge in [0.2, 0.25) is 0 Å². The van der Waals surface area contributed by atoms with Crippen LogP contribution in [0.4, 0.5) is 0 Å². The highest BCUT2D eigenvalue weighted by atomic mass is 79.9. The Hall–Kier alpha value is -0.800. The minimum Gasteiger partial charge on any atom is -0.272 e. The van der Waals surface area contributed by atoms with Gasteiger partial charge in [-0.1, -0.05) is 35.0 Å². The molecule has 0 radical (unpaired) electrons. The Morgan fingerprint density at radius 3 is 2.53 bits per heavy atom. The van der Waals surface area contributed by atoms with E-state index in [4.69, 9.17) is 11.6 Å². The Labute approximate surface area is 127 Å². The molecular weight excluding hydrogens is 324 g/mol. The molecule has 1 atom stereocenters. The van der Waals surface area contributed by atoms with E-state index in [9.17, 15) is 0 Å². The number of nitrogens with zero attached hydrogens (tertiary/aromatic N) is 2. The van der Waals surface area contributed by atoms with Crippen LogP contribution >= 0.6 is 27.5 Å². The SMILES string of the molecule is CCc1cc(CC(CCl)c2ccc(Br)cc2)n(C)n1. The van der Waals surface area contributed by atoms with Crippen LogP contribution in [-0.2, 0) is 19.9 Å². The average molecular weight is 342 g/mol. The van der Waals surface area contributed by atoms with Crippen LogP contribution in [0.2, 0.25) is 0 Å². The van der Waals surface area contributed by atoms with Crippen LogP contribution in [0.3, 0.4) is 0 Å². The molecule has 0 aliphatic carbocycles. The molecule has 0 bridgehead atoms. The van der Waals surface area contributed by atoms with Crippen molar-refractivity contribution < 1.29 is 0 Å². The van der Waals surface area contributed by atoms with Crippen molar-refractivity contribution in [2.45, 2.75) is 25.7 Å². The molecule has 2 nitrogen and oxygen atoms in total. The van der Waals surface area contributed by atoms with Crippen molar-refractivity contribution in [1.82, 2.24) is 9.78 Å². The molecule has 1 aromatic carbocycles. The van der Waals surface area contributed by atoms with Crippen LogP contribution < -0.4 is 0 Å². The van der Waals surface area contributed by atoms with E-state index in [1.165, 1.54) is 11.3 Å². The summed E-state index contributed by atoms with van der Waals surface area (Å²) < 4.78 is 3.07. The molecular formula is C15H18BrClN2. The van der Waals surface area contributed by atoms with E-state index in [-0.39, 0.29) is 0 Å². The summed E-state index contributed by atoms with van der Waals surface area (Å²) in [6.45, 7) is 2.12. The Balaban J connectivity index is 2.18. The normalized spacial score (nSPS) is 12.6. The maximum atomic E-state index is 6.14. The fourth-order valence-corrected chi connectivity index (χ4v) is 2.74. The van der Waals surface area contributed by atoms with Crippen molar-refractivity contribution in [3.05, 3.63) is 51.8 Å². The maximum Gasteiger partial charge on any atom is 0.0624 e. The van der Waals surface area contributed by atoms with Crippen molar-refractivity contribution >= 4 is 27.5 Å². The third-order valence-corrected chi connectivity index (χ3v) is 4.27. The molecule has 0 aliphatic heterocycles. The largest absolute Gasteiger partial charge is 0.272 e. The van der Waals surface area contributed by atoms with Gasteiger partial charge < -0.3 is 0 Å². The minimum absolute atomic E-state index is 0.329. The lowest BCUT2D eigenvalue weighted by molar-refractivity contribution is 0.655. The number of halogens is 2. The van der Waals surface area contributed by atoms with E-state index in [2.05, 4.69) is 58.3 Å². The second kappa shape index (κ2) is 6.58. The first kappa shape index (κ1) is 14.6. The number of aryl methyl sites for hydroxylation is 2. The molecule has 0 fully saturated rings. The smallest absolute Gasteiger partial charge is 0.0624 e. The molecule has 0 saturated heterocycles. The second-order valence-corrected chi connectivity index (χ2v) is 5.94. The first-order valence-corrected chi connectivity index (χ1v) is 7.80. The van der Waals surface area contributed by atoms with E-state index in [1.807, 2.05) is 11.7 Å². The summed E-state index contributed by atoms with van der Waals surface area (Å²) in [5.41, 5.74) is 3.66. The Kier molecular flexibility index (Phi) is 5.06. The summed E-state index contributed by atoms with van der Waals surface area (Å²) >= 11 is 9.60. The third kappa shape index (κ3) is 3.61. The number of benzene rings is 1. The van der Waals surface area contributed by atoms with E-state index >= 15 is 0 Å². The predicted molar refractivity (Wildman–Crippen MR) is 83.9 cm³/mol. The molecule has 1 unspecified atom stereocenters. The summed E-state index contributed by atoms with van der Waals surface area (Å²) in [7, 11) is 2.00. The van der Waals surface area contributed by atoms with Crippen molar-refractivity contribution in [1.29, 1.82) is 0 Å². The van der Waals surface area contributed by atoms with Gasteiger partial charge in [0.05, 0.1) is 5.69 Å². The molecule has 2 aromatic rings. The van der Waals surface area contributed by atoms with Gasteiger partial charge in [-0.15, -0.1) is 11.6 Å². The van der Waals surface area contributed by atoms with Crippen molar-refractivity contribution in [3.8, 4) is 0 Å². The molecule has 102 valence electrons. The van der Waals surface area contributed by atoms with Crippen LogP contribution in [0, 0.1) is 0 Å². The summed E-state index contributed by atoms with van der Waals surface area (Å²) in [6, 6.07) is 10.6. The third-order valence-electron chi connectivity index (χ3n) is 3.37. The lowest BCUT2D eigenvalue weighted by atomic mass is 9.96. The van der Waals surface area contributed by atoms with Crippen molar-refractivity contribution in [3.63, 3.8) is 0 Å². The highest BCUT2D eigenvalue weighted by molar-refractivity contribution is 9.10. The van der Waals surface area contributed by atoms with Crippen molar-refractivity contribution in [2.75, 3.05) is 5.88 Å². The van der Waals surface area contributed by atoms with E-state index in [0.717, 1.165) is 23.0 Å². The van der Waals surface area contributed by atoms with E-state index in [1.54, 1.807) is 0 Å². The summed E-state index contributed by atoms with van der Waals surface area (Å²) in [4.78, 5) is 0. The van der Waals surface area contributed by atoms with Gasteiger partial charge in [-0.05, 0) is 36.6 Å². The Morgan fingerprint density at radius 1 is 1.32 bits per heavy atom. The molecule has 1 heterocycles. The predicted octanol–water partition coefficient (Wildman–Crippen LogP) is 4.31. The molecule has 19 heavy (non-hydrogen) atoms. The minimum atomic E-state index is 0.329. The summed E-state index contributed by atoms with van der Waals surface area (Å²) in [6.07, 6.45) is 1.90. The zero-order valence-electron chi connectivity index (χ0n) is 11.2. The summed E-state index contributed by atoms with van der Waals surface area (Å²) in [5.74, 6) is 0.948. The molecule has 0 amide bonds. The quantitative estimate of drug-likeness (QED) is 0.741. The molecule has 1 aromatic heterocycles. The maximum absolute atomic E-state index is 6.14. The zero-order valence-corrected chi connectivity index (χ0v) is 13.6. The van der Waals surface area contributed by atoms with Gasteiger partial charge in [-0.3, -0.25) is 4.68 Å². The van der Waals surface area contributed by atoms with Gasteiger partial charge in [0.25, 0.3) is 0 Å². The summed E-state index contributed by atoms with van der Waals surface area (Å²) in [5, 5.41) is 4.49. The fraction of sp³-hybridized carbons (Fsp3) is 0.400. The van der Waals surface area contributed by atoms with Gasteiger partial charge in [-0.25, -0.2) is 0 Å². The van der Waals surface area contributed by atoms with E-state index < -0.39 is 0 Å². The monoisotopic (exact) mass is 340 g/mol. The lowest BCUT2D eigenvalue weighted by Gasteiger charge is -2.14. The average Bonchev–Trinajstić information content (AvgIpc) is 2.78. The number of alkyl halides is 1. The van der Waals surface area contributed by atoms with Gasteiger partial charge in [-0.2, -0.15) is 5.10 Å². The topological polar surface area (TPSA) is 17.8 Å². The van der Waals surface area contributed by atoms with Gasteiger partial charge in [0.15, 0.2) is 0 Å². The van der Waals surface area contributed by atoms with Crippen molar-refractivity contribution in [2.24, 2.45) is 7.05 Å². The highest BCUT2D eigenvalue weighted by Gasteiger charge is 2.14. The molecule has 0 saturated carbocycles. The van der Waals surface area contributed by atoms with Gasteiger partial charge in [0, 0.05) is 29.0 Å². The standard InChI is InChI=1S/C15H18BrClN2/c1-3-14-9-15(19(2)18-14)8-12(10-17)11-4-6-13(16)7-5-11/h4-7,9,12H,3,8,10H2,1-2H3. The number of hydrogen-bond acceptors (Lipinski definition) is 1. The number of aromatic nitrogens is 2. The zero-order chi connectivity index (χ0) is 13.8. The van der Waals surface area contributed by atoms with Crippen LogP contribution in [0.25, 0.3) is 0 Å². The van der Waals surface area contributed by atoms with Crippen LogP contribution in [-0.4, -0.2) is 15.7 Å². The number of rotatable bonds is 5. The lowest BCUT2D eigenvalue weighted by Crippen LogP contribution is -2.08. The Bertz CT molecular complexity index is 534. The van der Waals surface area contributed by atoms with E-state index in [0.29, 0.717) is 11.8 Å². The van der Waals surface area contributed by atoms with Crippen LogP contribution in [0.5, 0.6) is 0 Å². The first-order valence-electron chi connectivity index (χ1n) is 6.47. The van der Waals surface area contributed by atoms with Gasteiger partial charge >= 0.3 is 0 Å². The molecule has 2 rings (SSSR count). The van der Waals surface area contributed by atoms with Gasteiger partial charge in [0.1, 0.15) is 0 Å².